The van der Waals surface area contributed by atoms with Crippen LogP contribution in [-0.4, -0.2) is 13.1 Å². The van der Waals surface area contributed by atoms with Crippen molar-refractivity contribution in [1.29, 1.82) is 0 Å². The Kier molecular flexibility index (Phi) is 4.62. The van der Waals surface area contributed by atoms with E-state index in [2.05, 4.69) is 5.32 Å². The Morgan fingerprint density at radius 2 is 1.35 bits per heavy atom. The van der Waals surface area contributed by atoms with Crippen LogP contribution >= 0.6 is 0 Å². The summed E-state index contributed by atoms with van der Waals surface area (Å²) in [5.74, 6) is -9.67. The third-order valence-electron chi connectivity index (χ3n) is 2.04. The zero-order chi connectivity index (χ0) is 13.0. The van der Waals surface area contributed by atoms with Crippen molar-refractivity contribution < 1.29 is 22.0 Å². The summed E-state index contributed by atoms with van der Waals surface area (Å²) in [4.78, 5) is 0. The highest BCUT2D eigenvalue weighted by Gasteiger charge is 2.23. The minimum absolute atomic E-state index is 0.274. The lowest BCUT2D eigenvalue weighted by Crippen LogP contribution is -2.11. The number of hydrogen-bond acceptors (Lipinski definition) is 1. The molecule has 0 radical (unpaired) electrons. The highest BCUT2D eigenvalue weighted by Crippen LogP contribution is 2.23. The number of likely N-dealkylation sites (N-methyl/N-ethyl adjacent to an activating group) is 1. The summed E-state index contributed by atoms with van der Waals surface area (Å²) in [5.41, 5.74) is -0.931. The molecular weight excluding hydrogens is 241 g/mol. The van der Waals surface area contributed by atoms with E-state index in [9.17, 15) is 22.0 Å². The fraction of sp³-hybridized carbons (Fsp3) is 0.273. The normalized spacial score (nSPS) is 11.4. The minimum atomic E-state index is -2.15. The number of benzene rings is 1. The van der Waals surface area contributed by atoms with Gasteiger partial charge in [0.1, 0.15) is 0 Å². The van der Waals surface area contributed by atoms with E-state index in [0.29, 0.717) is 6.54 Å². The second kappa shape index (κ2) is 5.77. The quantitative estimate of drug-likeness (QED) is 0.375. The molecule has 1 aromatic rings. The van der Waals surface area contributed by atoms with Crippen molar-refractivity contribution in [3.8, 4) is 0 Å². The molecule has 0 aliphatic carbocycles. The predicted molar refractivity (Wildman–Crippen MR) is 53.8 cm³/mol. The van der Waals surface area contributed by atoms with Crippen LogP contribution in [0, 0.1) is 29.1 Å². The molecule has 0 aliphatic rings. The summed E-state index contributed by atoms with van der Waals surface area (Å²) in [6.45, 7) is 2.71. The molecule has 0 saturated heterocycles. The Morgan fingerprint density at radius 3 is 1.82 bits per heavy atom. The first kappa shape index (κ1) is 13.6. The van der Waals surface area contributed by atoms with Gasteiger partial charge in [-0.25, -0.2) is 22.0 Å². The molecule has 0 aliphatic heterocycles. The molecule has 0 atom stereocenters. The van der Waals surface area contributed by atoms with E-state index < -0.39 is 34.6 Å². The van der Waals surface area contributed by atoms with E-state index in [4.69, 9.17) is 0 Å². The predicted octanol–water partition coefficient (Wildman–Crippen LogP) is 3.00. The third-order valence-corrected chi connectivity index (χ3v) is 2.04. The molecule has 0 saturated carbocycles. The van der Waals surface area contributed by atoms with Gasteiger partial charge in [-0.15, -0.1) is 0 Å². The molecule has 0 unspecified atom stereocenters. The SMILES string of the molecule is CCNCC=Cc1c(F)c(F)c(F)c(F)c1F. The Labute approximate surface area is 94.9 Å². The number of hydrogen-bond donors (Lipinski definition) is 1. The van der Waals surface area contributed by atoms with Crippen LogP contribution in [0.3, 0.4) is 0 Å². The molecule has 1 nitrogen and oxygen atoms in total. The average molecular weight is 251 g/mol. The Balaban J connectivity index is 3.12. The zero-order valence-electron chi connectivity index (χ0n) is 8.96. The van der Waals surface area contributed by atoms with Crippen molar-refractivity contribution in [2.45, 2.75) is 6.92 Å². The van der Waals surface area contributed by atoms with E-state index in [1.165, 1.54) is 6.08 Å². The van der Waals surface area contributed by atoms with Gasteiger partial charge in [-0.1, -0.05) is 19.1 Å². The molecule has 6 heteroatoms. The molecule has 94 valence electrons. The second-order valence-corrected chi connectivity index (χ2v) is 3.19. The fourth-order valence-electron chi connectivity index (χ4n) is 1.17. The topological polar surface area (TPSA) is 12.0 Å². The average Bonchev–Trinajstić information content (AvgIpc) is 2.33. The first-order valence-corrected chi connectivity index (χ1v) is 4.89. The van der Waals surface area contributed by atoms with Gasteiger partial charge in [-0.05, 0) is 6.54 Å². The Morgan fingerprint density at radius 1 is 0.882 bits per heavy atom. The van der Waals surface area contributed by atoms with Gasteiger partial charge >= 0.3 is 0 Å². The van der Waals surface area contributed by atoms with Crippen LogP contribution in [0.5, 0.6) is 0 Å². The maximum atomic E-state index is 13.1. The van der Waals surface area contributed by atoms with Crippen molar-refractivity contribution in [3.05, 3.63) is 40.7 Å². The summed E-state index contributed by atoms with van der Waals surface area (Å²) in [5, 5.41) is 2.80. The summed E-state index contributed by atoms with van der Waals surface area (Å²) < 4.78 is 64.4. The fourth-order valence-corrected chi connectivity index (χ4v) is 1.17. The van der Waals surface area contributed by atoms with E-state index in [1.807, 2.05) is 6.92 Å². The summed E-state index contributed by atoms with van der Waals surface area (Å²) in [6, 6.07) is 0. The monoisotopic (exact) mass is 251 g/mol. The molecule has 1 N–H and O–H groups in total. The van der Waals surface area contributed by atoms with Crippen molar-refractivity contribution in [1.82, 2.24) is 5.32 Å². The van der Waals surface area contributed by atoms with Crippen LogP contribution in [0.15, 0.2) is 6.08 Å². The lowest BCUT2D eigenvalue weighted by molar-refractivity contribution is 0.377. The standard InChI is InChI=1S/C11H10F5N/c1-2-17-5-3-4-6-7(12)9(14)11(16)10(15)8(6)13/h3-4,17H,2,5H2,1H3. The van der Waals surface area contributed by atoms with Gasteiger partial charge in [0.2, 0.25) is 5.82 Å². The molecule has 0 aromatic heterocycles. The number of halogens is 5. The molecule has 0 fully saturated rings. The first-order valence-electron chi connectivity index (χ1n) is 4.89. The third kappa shape index (κ3) is 2.82. The zero-order valence-corrected chi connectivity index (χ0v) is 8.96. The lowest BCUT2D eigenvalue weighted by Gasteiger charge is -2.04. The van der Waals surface area contributed by atoms with Gasteiger partial charge in [-0.2, -0.15) is 0 Å². The lowest BCUT2D eigenvalue weighted by atomic mass is 10.1. The van der Waals surface area contributed by atoms with Crippen LogP contribution in [-0.2, 0) is 0 Å². The maximum absolute atomic E-state index is 13.1. The second-order valence-electron chi connectivity index (χ2n) is 3.19. The molecule has 0 bridgehead atoms. The van der Waals surface area contributed by atoms with E-state index in [-0.39, 0.29) is 6.54 Å². The largest absolute Gasteiger partial charge is 0.314 e. The minimum Gasteiger partial charge on any atom is -0.314 e. The van der Waals surface area contributed by atoms with Crippen molar-refractivity contribution in [3.63, 3.8) is 0 Å². The smallest absolute Gasteiger partial charge is 0.200 e. The van der Waals surface area contributed by atoms with Crippen LogP contribution < -0.4 is 5.32 Å². The molecular formula is C11H10F5N. The summed E-state index contributed by atoms with van der Waals surface area (Å²) >= 11 is 0. The van der Waals surface area contributed by atoms with Crippen LogP contribution in [0.25, 0.3) is 6.08 Å². The summed E-state index contributed by atoms with van der Waals surface area (Å²) in [6.07, 6.45) is 2.14. The number of nitrogens with one attached hydrogen (secondary N) is 1. The van der Waals surface area contributed by atoms with E-state index >= 15 is 0 Å². The highest BCUT2D eigenvalue weighted by atomic mass is 19.2. The molecule has 0 heterocycles. The first-order chi connectivity index (χ1) is 8.00. The van der Waals surface area contributed by atoms with E-state index in [0.717, 1.165) is 6.08 Å². The van der Waals surface area contributed by atoms with Crippen molar-refractivity contribution in [2.24, 2.45) is 0 Å². The molecule has 17 heavy (non-hydrogen) atoms. The molecule has 1 rings (SSSR count). The molecule has 0 amide bonds. The van der Waals surface area contributed by atoms with Gasteiger partial charge in [0, 0.05) is 6.54 Å². The van der Waals surface area contributed by atoms with Gasteiger partial charge in [-0.3, -0.25) is 0 Å². The highest BCUT2D eigenvalue weighted by molar-refractivity contribution is 5.51. The Bertz CT molecular complexity index is 413. The van der Waals surface area contributed by atoms with Gasteiger partial charge in [0.25, 0.3) is 0 Å². The summed E-state index contributed by atoms with van der Waals surface area (Å²) in [7, 11) is 0. The van der Waals surface area contributed by atoms with Crippen molar-refractivity contribution in [2.75, 3.05) is 13.1 Å². The molecule has 1 aromatic carbocycles. The van der Waals surface area contributed by atoms with Crippen LogP contribution in [0.4, 0.5) is 22.0 Å². The molecule has 0 spiro atoms. The van der Waals surface area contributed by atoms with Gasteiger partial charge < -0.3 is 5.32 Å². The number of rotatable bonds is 4. The van der Waals surface area contributed by atoms with Gasteiger partial charge in [0.05, 0.1) is 5.56 Å². The van der Waals surface area contributed by atoms with E-state index in [1.54, 1.807) is 0 Å². The van der Waals surface area contributed by atoms with Crippen LogP contribution in [0.2, 0.25) is 0 Å². The van der Waals surface area contributed by atoms with Gasteiger partial charge in [0.15, 0.2) is 23.3 Å². The van der Waals surface area contributed by atoms with Crippen LogP contribution in [0.1, 0.15) is 12.5 Å². The van der Waals surface area contributed by atoms with Crippen molar-refractivity contribution >= 4 is 6.08 Å². The maximum Gasteiger partial charge on any atom is 0.200 e. The Hall–Kier alpha value is -1.43.